The molecule has 0 saturated carbocycles. The summed E-state index contributed by atoms with van der Waals surface area (Å²) in [5.41, 5.74) is 0.210. The van der Waals surface area contributed by atoms with E-state index < -0.39 is 12.1 Å². The van der Waals surface area contributed by atoms with Gasteiger partial charge in [-0.1, -0.05) is 0 Å². The molecule has 0 fully saturated rings. The van der Waals surface area contributed by atoms with Crippen molar-refractivity contribution in [2.45, 2.75) is 12.5 Å². The van der Waals surface area contributed by atoms with Gasteiger partial charge in [0, 0.05) is 20.7 Å². The largest absolute Gasteiger partial charge is 0.481 e. The molecule has 0 saturated heterocycles. The molecule has 1 aromatic heterocycles. The lowest BCUT2D eigenvalue weighted by Gasteiger charge is -2.13. The van der Waals surface area contributed by atoms with Crippen molar-refractivity contribution in [2.24, 2.45) is 0 Å². The van der Waals surface area contributed by atoms with Crippen molar-refractivity contribution in [3.63, 3.8) is 0 Å². The van der Waals surface area contributed by atoms with Gasteiger partial charge in [-0.25, -0.2) is 0 Å². The van der Waals surface area contributed by atoms with Crippen molar-refractivity contribution >= 4 is 17.7 Å². The number of ether oxygens (including phenoxy) is 1. The molecule has 1 heterocycles. The lowest BCUT2D eigenvalue weighted by atomic mass is 10.2. The second kappa shape index (κ2) is 7.27. The number of aliphatic carboxylic acids is 1. The Kier molecular flexibility index (Phi) is 5.68. The van der Waals surface area contributed by atoms with Crippen LogP contribution < -0.4 is 10.6 Å². The summed E-state index contributed by atoms with van der Waals surface area (Å²) < 4.78 is 5.01. The number of carbonyl (C=O) groups excluding carboxylic acids is 1. The van der Waals surface area contributed by atoms with E-state index in [0.29, 0.717) is 5.82 Å². The van der Waals surface area contributed by atoms with E-state index in [1.807, 2.05) is 0 Å². The summed E-state index contributed by atoms with van der Waals surface area (Å²) >= 11 is 0. The second-order valence-corrected chi connectivity index (χ2v) is 3.72. The zero-order valence-electron chi connectivity index (χ0n) is 10.7. The van der Waals surface area contributed by atoms with Crippen LogP contribution in [0.3, 0.4) is 0 Å². The molecule has 1 atom stereocenters. The first-order valence-electron chi connectivity index (χ1n) is 5.61. The van der Waals surface area contributed by atoms with Crippen molar-refractivity contribution in [3.05, 3.63) is 17.8 Å². The molecule has 0 aliphatic carbocycles. The van der Waals surface area contributed by atoms with Crippen molar-refractivity contribution in [3.8, 4) is 0 Å². The number of methoxy groups -OCH3 is 1. The summed E-state index contributed by atoms with van der Waals surface area (Å²) in [7, 11) is 2.95. The SMILES string of the molecule is CNC(=O)c1ccc(NCC(CC(=O)O)OC)nn1. The van der Waals surface area contributed by atoms with Gasteiger partial charge in [-0.3, -0.25) is 9.59 Å². The number of hydrogen-bond acceptors (Lipinski definition) is 6. The van der Waals surface area contributed by atoms with E-state index in [4.69, 9.17) is 9.84 Å². The van der Waals surface area contributed by atoms with E-state index >= 15 is 0 Å². The maximum atomic E-state index is 11.2. The van der Waals surface area contributed by atoms with Crippen LogP contribution in [0.25, 0.3) is 0 Å². The molecule has 0 aromatic carbocycles. The van der Waals surface area contributed by atoms with Crippen LogP contribution in [0.5, 0.6) is 0 Å². The molecule has 1 unspecified atom stereocenters. The third-order valence-electron chi connectivity index (χ3n) is 2.37. The van der Waals surface area contributed by atoms with E-state index in [0.717, 1.165) is 0 Å². The topological polar surface area (TPSA) is 113 Å². The van der Waals surface area contributed by atoms with Gasteiger partial charge in [-0.15, -0.1) is 10.2 Å². The lowest BCUT2D eigenvalue weighted by Crippen LogP contribution is -2.25. The van der Waals surface area contributed by atoms with E-state index in [1.165, 1.54) is 20.2 Å². The molecule has 8 heteroatoms. The minimum atomic E-state index is -0.935. The molecule has 3 N–H and O–H groups in total. The standard InChI is InChI=1S/C11H16N4O4/c1-12-11(18)8-3-4-9(15-14-8)13-6-7(19-2)5-10(16)17/h3-4,7H,5-6H2,1-2H3,(H,12,18)(H,13,15)(H,16,17). The molecule has 104 valence electrons. The first kappa shape index (κ1) is 14.8. The fourth-order valence-electron chi connectivity index (χ4n) is 1.33. The Morgan fingerprint density at radius 1 is 1.42 bits per heavy atom. The van der Waals surface area contributed by atoms with Gasteiger partial charge in [0.15, 0.2) is 5.69 Å². The quantitative estimate of drug-likeness (QED) is 0.624. The monoisotopic (exact) mass is 268 g/mol. The first-order chi connectivity index (χ1) is 9.06. The molecule has 19 heavy (non-hydrogen) atoms. The van der Waals surface area contributed by atoms with Crippen LogP contribution in [0.2, 0.25) is 0 Å². The minimum Gasteiger partial charge on any atom is -0.481 e. The number of carboxylic acids is 1. The lowest BCUT2D eigenvalue weighted by molar-refractivity contribution is -0.139. The number of anilines is 1. The molecule has 0 aliphatic rings. The van der Waals surface area contributed by atoms with E-state index in [-0.39, 0.29) is 24.6 Å². The molecule has 0 bridgehead atoms. The summed E-state index contributed by atoms with van der Waals surface area (Å²) in [5, 5.41) is 21.5. The number of hydrogen-bond donors (Lipinski definition) is 3. The van der Waals surface area contributed by atoms with Crippen LogP contribution in [0.4, 0.5) is 5.82 Å². The highest BCUT2D eigenvalue weighted by atomic mass is 16.5. The van der Waals surface area contributed by atoms with Crippen LogP contribution >= 0.6 is 0 Å². The Bertz CT molecular complexity index is 435. The Balaban J connectivity index is 2.53. The predicted molar refractivity (Wildman–Crippen MR) is 67.0 cm³/mol. The maximum absolute atomic E-state index is 11.2. The highest BCUT2D eigenvalue weighted by Crippen LogP contribution is 2.04. The van der Waals surface area contributed by atoms with Gasteiger partial charge in [0.2, 0.25) is 0 Å². The molecule has 1 aromatic rings. The number of amides is 1. The zero-order valence-corrected chi connectivity index (χ0v) is 10.7. The van der Waals surface area contributed by atoms with Crippen molar-refractivity contribution in [1.82, 2.24) is 15.5 Å². The molecule has 1 amide bonds. The number of aromatic nitrogens is 2. The summed E-state index contributed by atoms with van der Waals surface area (Å²) in [6.07, 6.45) is -0.564. The summed E-state index contributed by atoms with van der Waals surface area (Å²) in [6.45, 7) is 0.288. The van der Waals surface area contributed by atoms with E-state index in [9.17, 15) is 9.59 Å². The normalized spacial score (nSPS) is 11.7. The predicted octanol–water partition coefficient (Wildman–Crippen LogP) is -0.262. The summed E-state index contributed by atoms with van der Waals surface area (Å²) in [4.78, 5) is 21.8. The third-order valence-corrected chi connectivity index (χ3v) is 2.37. The number of rotatable bonds is 7. The summed E-state index contributed by atoms with van der Waals surface area (Å²) in [6, 6.07) is 3.11. The molecule has 8 nitrogen and oxygen atoms in total. The van der Waals surface area contributed by atoms with Crippen molar-refractivity contribution < 1.29 is 19.4 Å². The van der Waals surface area contributed by atoms with Crippen molar-refractivity contribution in [1.29, 1.82) is 0 Å². The Labute approximate surface area is 110 Å². The third kappa shape index (κ3) is 4.88. The van der Waals surface area contributed by atoms with E-state index in [1.54, 1.807) is 6.07 Å². The fourth-order valence-corrected chi connectivity index (χ4v) is 1.33. The maximum Gasteiger partial charge on any atom is 0.306 e. The highest BCUT2D eigenvalue weighted by molar-refractivity contribution is 5.91. The van der Waals surface area contributed by atoms with Gasteiger partial charge in [0.1, 0.15) is 5.82 Å². The van der Waals surface area contributed by atoms with Crippen LogP contribution in [0.15, 0.2) is 12.1 Å². The van der Waals surface area contributed by atoms with Crippen LogP contribution in [-0.4, -0.2) is 54.0 Å². The average molecular weight is 268 g/mol. The van der Waals surface area contributed by atoms with Gasteiger partial charge >= 0.3 is 5.97 Å². The van der Waals surface area contributed by atoms with Crippen LogP contribution in [0.1, 0.15) is 16.9 Å². The van der Waals surface area contributed by atoms with Crippen LogP contribution in [0, 0.1) is 0 Å². The van der Waals surface area contributed by atoms with Gasteiger partial charge in [-0.2, -0.15) is 0 Å². The Hall–Kier alpha value is -2.22. The van der Waals surface area contributed by atoms with Gasteiger partial charge in [0.05, 0.1) is 12.5 Å². The fraction of sp³-hybridized carbons (Fsp3) is 0.455. The Morgan fingerprint density at radius 3 is 2.63 bits per heavy atom. The Morgan fingerprint density at radius 2 is 2.16 bits per heavy atom. The smallest absolute Gasteiger partial charge is 0.306 e. The molecule has 0 aliphatic heterocycles. The number of carbonyl (C=O) groups is 2. The average Bonchev–Trinajstić information content (AvgIpc) is 2.42. The molecule has 1 rings (SSSR count). The van der Waals surface area contributed by atoms with Crippen LogP contribution in [-0.2, 0) is 9.53 Å². The molecule has 0 spiro atoms. The minimum absolute atomic E-state index is 0.104. The number of carboxylic acid groups (broad SMARTS) is 1. The molecular formula is C11H16N4O4. The highest BCUT2D eigenvalue weighted by Gasteiger charge is 2.12. The molecular weight excluding hydrogens is 252 g/mol. The second-order valence-electron chi connectivity index (χ2n) is 3.72. The first-order valence-corrected chi connectivity index (χ1v) is 5.61. The van der Waals surface area contributed by atoms with E-state index in [2.05, 4.69) is 20.8 Å². The number of nitrogens with one attached hydrogen (secondary N) is 2. The zero-order chi connectivity index (χ0) is 14.3. The van der Waals surface area contributed by atoms with Gasteiger partial charge < -0.3 is 20.5 Å². The van der Waals surface area contributed by atoms with Crippen molar-refractivity contribution in [2.75, 3.05) is 26.0 Å². The number of nitrogens with zero attached hydrogens (tertiary/aromatic N) is 2. The van der Waals surface area contributed by atoms with Gasteiger partial charge in [-0.05, 0) is 12.1 Å². The summed E-state index contributed by atoms with van der Waals surface area (Å²) in [5.74, 6) is -0.811. The van der Waals surface area contributed by atoms with Gasteiger partial charge in [0.25, 0.3) is 5.91 Å². The molecule has 0 radical (unpaired) electrons.